The van der Waals surface area contributed by atoms with Crippen molar-refractivity contribution in [3.05, 3.63) is 364 Å². The van der Waals surface area contributed by atoms with Crippen molar-refractivity contribution in [3.63, 3.8) is 0 Å². The molecule has 0 aliphatic heterocycles. The lowest BCUT2D eigenvalue weighted by atomic mass is 9.96. The molecule has 0 unspecified atom stereocenters. The molecule has 0 spiro atoms. The van der Waals surface area contributed by atoms with Gasteiger partial charge in [0.15, 0.2) is 0 Å². The van der Waals surface area contributed by atoms with E-state index in [0.29, 0.717) is 0 Å². The molecule has 0 saturated carbocycles. The molecule has 0 aliphatic rings. The van der Waals surface area contributed by atoms with Crippen LogP contribution in [0, 0.1) is 0 Å². The summed E-state index contributed by atoms with van der Waals surface area (Å²) in [4.78, 5) is 30.5. The Labute approximate surface area is 648 Å². The van der Waals surface area contributed by atoms with Crippen LogP contribution in [-0.2, 0) is 0 Å². The molecular weight excluding hydrogens is 1410 g/mol. The van der Waals surface area contributed by atoms with Crippen LogP contribution >= 0.6 is 34.0 Å². The van der Waals surface area contributed by atoms with E-state index in [1.807, 2.05) is 52.6 Å². The van der Waals surface area contributed by atoms with Crippen LogP contribution in [0.25, 0.3) is 225 Å². The van der Waals surface area contributed by atoms with Gasteiger partial charge in [0.2, 0.25) is 0 Å². The van der Waals surface area contributed by atoms with Crippen molar-refractivity contribution in [3.8, 4) is 67.2 Å². The number of thiophene rings is 3. The number of hydrogen-bond donors (Lipinski definition) is 0. The van der Waals surface area contributed by atoms with E-state index in [1.165, 1.54) is 126 Å². The number of aromatic nitrogens is 6. The standard InChI is InChI=1S/3C34H20N2S/c1-4-13-24(23(12-1)28-17-9-18-29-25-14-7-8-19-31(25)37-34(28)29)30-20-35-32-26-15-5-2-10-21(26)22-11-3-6-16-27(22)33(32)36-30;1-3-14-27-24(11-1)25-12-2-4-15-28(25)33-32(27)35-20-30(36-33)22-10-7-9-21(19-22)23-16-8-17-29-26-13-5-6-18-31(26)37-34(23)29;1-3-11-27-24(8-1)25-9-2-4-12-28(25)33-32(27)35-20-30(36-33)22-18-16-21(17-19-22)23-13-7-14-29-26-10-5-6-15-31(26)37-34(23)29/h3*1-20H. The van der Waals surface area contributed by atoms with E-state index in [-0.39, 0.29) is 0 Å². The van der Waals surface area contributed by atoms with Crippen molar-refractivity contribution in [2.24, 2.45) is 0 Å². The maximum absolute atomic E-state index is 5.27. The fourth-order valence-electron chi connectivity index (χ4n) is 16.8. The molecule has 111 heavy (non-hydrogen) atoms. The molecule has 0 saturated heterocycles. The normalized spacial score (nSPS) is 11.8. The predicted octanol–water partition coefficient (Wildman–Crippen LogP) is 28.9. The molecular formula is C102H60N6S3. The van der Waals surface area contributed by atoms with Crippen molar-refractivity contribution in [2.75, 3.05) is 0 Å². The van der Waals surface area contributed by atoms with Crippen molar-refractivity contribution < 1.29 is 0 Å². The van der Waals surface area contributed by atoms with Crippen molar-refractivity contribution in [1.29, 1.82) is 0 Å². The van der Waals surface area contributed by atoms with E-state index in [4.69, 9.17) is 29.9 Å². The highest BCUT2D eigenvalue weighted by molar-refractivity contribution is 7.27. The molecule has 9 heteroatoms. The maximum Gasteiger partial charge on any atom is 0.0979 e. The van der Waals surface area contributed by atoms with Crippen LogP contribution in [-0.4, -0.2) is 29.9 Å². The Morgan fingerprint density at radius 3 is 0.856 bits per heavy atom. The number of fused-ring (bicyclic) bond motifs is 27. The van der Waals surface area contributed by atoms with Gasteiger partial charge >= 0.3 is 0 Å². The van der Waals surface area contributed by atoms with Gasteiger partial charge in [0.05, 0.1) is 68.8 Å². The lowest BCUT2D eigenvalue weighted by Crippen LogP contribution is -1.93. The van der Waals surface area contributed by atoms with Gasteiger partial charge in [-0.25, -0.2) is 15.0 Å². The number of rotatable bonds is 6. The molecule has 6 heterocycles. The summed E-state index contributed by atoms with van der Waals surface area (Å²) in [5.41, 5.74) is 18.9. The van der Waals surface area contributed by atoms with Gasteiger partial charge in [-0.2, -0.15) is 0 Å². The quantitative estimate of drug-likeness (QED) is 0.154. The van der Waals surface area contributed by atoms with E-state index in [1.54, 1.807) is 0 Å². The average Bonchev–Trinajstić information content (AvgIpc) is 1.72. The van der Waals surface area contributed by atoms with Gasteiger partial charge in [-0.1, -0.05) is 322 Å². The lowest BCUT2D eigenvalue weighted by molar-refractivity contribution is 1.31. The summed E-state index contributed by atoms with van der Waals surface area (Å²) < 4.78 is 7.92. The third-order valence-electron chi connectivity index (χ3n) is 21.9. The number of benzene rings is 18. The monoisotopic (exact) mass is 1460 g/mol. The molecule has 18 aromatic carbocycles. The van der Waals surface area contributed by atoms with Gasteiger partial charge < -0.3 is 0 Å². The summed E-state index contributed by atoms with van der Waals surface area (Å²) in [6.07, 6.45) is 5.77. The van der Waals surface area contributed by atoms with E-state index < -0.39 is 0 Å². The lowest BCUT2D eigenvalue weighted by Gasteiger charge is -2.13. The minimum absolute atomic E-state index is 0.887. The molecule has 0 aliphatic carbocycles. The topological polar surface area (TPSA) is 77.3 Å². The van der Waals surface area contributed by atoms with Crippen molar-refractivity contribution in [1.82, 2.24) is 29.9 Å². The molecule has 6 aromatic heterocycles. The van der Waals surface area contributed by atoms with Crippen molar-refractivity contribution in [2.45, 2.75) is 0 Å². The minimum atomic E-state index is 0.887. The average molecular weight is 1470 g/mol. The van der Waals surface area contributed by atoms with Crippen LogP contribution < -0.4 is 0 Å². The molecule has 0 N–H and O–H groups in total. The maximum atomic E-state index is 5.27. The Balaban J connectivity index is 0.000000102. The first-order chi connectivity index (χ1) is 55.1. The third-order valence-corrected chi connectivity index (χ3v) is 25.6. The third kappa shape index (κ3) is 10.8. The number of nitrogens with zero attached hydrogens (tertiary/aromatic N) is 6. The SMILES string of the molecule is c1cc(-c2cnc3c4ccccc4c4ccccc4c3n2)cc(-c2cccc3c2sc2ccccc23)c1.c1ccc(-c2cccc3c2sc2ccccc23)c(-c2cnc3c4ccccc4c4ccccc4c3n2)c1.c1ccc2c(c1)sc1c(-c3ccc(-c4cnc5c6ccccc6c6ccccc6c5n4)cc3)cccc12. The second-order valence-corrected chi connectivity index (χ2v) is 31.3. The molecule has 516 valence electrons. The van der Waals surface area contributed by atoms with Crippen LogP contribution in [0.1, 0.15) is 0 Å². The zero-order chi connectivity index (χ0) is 73.0. The summed E-state index contributed by atoms with van der Waals surface area (Å²) in [5, 5.41) is 22.0. The molecule has 6 nitrogen and oxygen atoms in total. The highest BCUT2D eigenvalue weighted by Gasteiger charge is 2.21. The van der Waals surface area contributed by atoms with Crippen LogP contribution in [0.3, 0.4) is 0 Å². The van der Waals surface area contributed by atoms with Crippen LogP contribution in [0.15, 0.2) is 364 Å². The van der Waals surface area contributed by atoms with Gasteiger partial charge in [0.1, 0.15) is 0 Å². The zero-order valence-corrected chi connectivity index (χ0v) is 62.0. The Bertz CT molecular complexity index is 7830. The second kappa shape index (κ2) is 26.6. The van der Waals surface area contributed by atoms with Crippen LogP contribution in [0.2, 0.25) is 0 Å². The molecule has 24 rings (SSSR count). The van der Waals surface area contributed by atoms with Gasteiger partial charge in [-0.15, -0.1) is 34.0 Å². The Kier molecular flexibility index (Phi) is 15.4. The zero-order valence-electron chi connectivity index (χ0n) is 59.5. The number of hydrogen-bond acceptors (Lipinski definition) is 9. The molecule has 0 bridgehead atoms. The summed E-state index contributed by atoms with van der Waals surface area (Å²) in [6.45, 7) is 0. The second-order valence-electron chi connectivity index (χ2n) is 28.2. The highest BCUT2D eigenvalue weighted by atomic mass is 32.1. The molecule has 0 radical (unpaired) electrons. The van der Waals surface area contributed by atoms with Crippen LogP contribution in [0.5, 0.6) is 0 Å². The molecule has 24 aromatic rings. The van der Waals surface area contributed by atoms with E-state index in [0.717, 1.165) is 99.2 Å². The Morgan fingerprint density at radius 2 is 0.432 bits per heavy atom. The Morgan fingerprint density at radius 1 is 0.162 bits per heavy atom. The summed E-state index contributed by atoms with van der Waals surface area (Å²) in [6, 6.07) is 123. The first-order valence-corrected chi connectivity index (χ1v) is 39.7. The fraction of sp³-hybridized carbons (Fsp3) is 0. The Hall–Kier alpha value is -13.8. The fourth-order valence-corrected chi connectivity index (χ4v) is 20.5. The smallest absolute Gasteiger partial charge is 0.0979 e. The van der Waals surface area contributed by atoms with Gasteiger partial charge in [-0.05, 0) is 84.4 Å². The predicted molar refractivity (Wildman–Crippen MR) is 475 cm³/mol. The minimum Gasteiger partial charge on any atom is -0.252 e. The molecule has 0 atom stereocenters. The first-order valence-electron chi connectivity index (χ1n) is 37.3. The van der Waals surface area contributed by atoms with E-state index in [2.05, 4.69) is 346 Å². The molecule has 0 amide bonds. The van der Waals surface area contributed by atoms with E-state index in [9.17, 15) is 0 Å². The molecule has 0 fully saturated rings. The summed E-state index contributed by atoms with van der Waals surface area (Å²) in [7, 11) is 0. The largest absolute Gasteiger partial charge is 0.252 e. The highest BCUT2D eigenvalue weighted by Crippen LogP contribution is 2.47. The van der Waals surface area contributed by atoms with Gasteiger partial charge in [-0.3, -0.25) is 15.0 Å². The summed E-state index contributed by atoms with van der Waals surface area (Å²) in [5.74, 6) is 0. The summed E-state index contributed by atoms with van der Waals surface area (Å²) >= 11 is 5.58. The van der Waals surface area contributed by atoms with Crippen LogP contribution in [0.4, 0.5) is 0 Å². The van der Waals surface area contributed by atoms with E-state index >= 15 is 0 Å². The van der Waals surface area contributed by atoms with Gasteiger partial charge in [0, 0.05) is 115 Å². The van der Waals surface area contributed by atoms with Gasteiger partial charge in [0.25, 0.3) is 0 Å². The van der Waals surface area contributed by atoms with Crippen molar-refractivity contribution >= 4 is 192 Å². The first kappa shape index (κ1) is 64.4.